The zero-order valence-electron chi connectivity index (χ0n) is 20.4. The minimum Gasteiger partial charge on any atom is -0.366 e. The lowest BCUT2D eigenvalue weighted by atomic mass is 10.0. The molecule has 3 N–H and O–H groups in total. The van der Waals surface area contributed by atoms with Crippen molar-refractivity contribution in [1.82, 2.24) is 19.6 Å². The molecule has 0 aliphatic carbocycles. The lowest BCUT2D eigenvalue weighted by molar-refractivity contribution is -0.137. The van der Waals surface area contributed by atoms with E-state index in [9.17, 15) is 26.4 Å². The molecular formula is C25H25F3N6O3S. The van der Waals surface area contributed by atoms with E-state index in [1.54, 1.807) is 23.1 Å². The van der Waals surface area contributed by atoms with Gasteiger partial charge in [0.2, 0.25) is 10.0 Å². The predicted molar refractivity (Wildman–Crippen MR) is 134 cm³/mol. The van der Waals surface area contributed by atoms with Gasteiger partial charge in [0.15, 0.2) is 0 Å². The Hall–Kier alpha value is -3.55. The van der Waals surface area contributed by atoms with Crippen LogP contribution in [0.1, 0.15) is 32.9 Å². The highest BCUT2D eigenvalue weighted by Crippen LogP contribution is 2.32. The highest BCUT2D eigenvalue weighted by molar-refractivity contribution is 7.89. The standard InChI is InChI=1S/C25H25F3N6O3S/c1-15-10-18(25(26,27)28)12-22(31-15)33-6-8-34(9-7-33)38(36,37)19-4-2-16(3-5-19)23-20(24(29)35)11-17-13-30-14-21(17)32-23/h2-5,10-12,30H,6-9,13-14H2,1H3,(H2,29,35). The zero-order chi connectivity index (χ0) is 27.2. The third-order valence-electron chi connectivity index (χ3n) is 6.66. The highest BCUT2D eigenvalue weighted by Gasteiger charge is 2.33. The molecule has 38 heavy (non-hydrogen) atoms. The Morgan fingerprint density at radius 1 is 1.00 bits per heavy atom. The van der Waals surface area contributed by atoms with E-state index in [1.807, 2.05) is 0 Å². The molecule has 0 bridgehead atoms. The number of benzene rings is 1. The Kier molecular flexibility index (Phi) is 6.61. The molecule has 200 valence electrons. The molecular weight excluding hydrogens is 521 g/mol. The van der Waals surface area contributed by atoms with Gasteiger partial charge in [-0.05, 0) is 42.8 Å². The first-order chi connectivity index (χ1) is 17.9. The summed E-state index contributed by atoms with van der Waals surface area (Å²) in [5.74, 6) is -0.455. The van der Waals surface area contributed by atoms with E-state index >= 15 is 0 Å². The van der Waals surface area contributed by atoms with Gasteiger partial charge in [-0.3, -0.25) is 9.78 Å². The van der Waals surface area contributed by atoms with Crippen LogP contribution in [0, 0.1) is 6.92 Å². The van der Waals surface area contributed by atoms with Crippen LogP contribution < -0.4 is 16.0 Å². The van der Waals surface area contributed by atoms with E-state index in [2.05, 4.69) is 15.3 Å². The fourth-order valence-electron chi connectivity index (χ4n) is 4.69. The van der Waals surface area contributed by atoms with Crippen molar-refractivity contribution in [3.05, 3.63) is 70.5 Å². The number of piperazine rings is 1. The minimum absolute atomic E-state index is 0.0613. The van der Waals surface area contributed by atoms with Crippen LogP contribution in [0.2, 0.25) is 0 Å². The van der Waals surface area contributed by atoms with Gasteiger partial charge in [0.05, 0.1) is 27.4 Å². The molecule has 0 radical (unpaired) electrons. The monoisotopic (exact) mass is 546 g/mol. The number of rotatable bonds is 5. The van der Waals surface area contributed by atoms with Gasteiger partial charge in [-0.1, -0.05) is 12.1 Å². The van der Waals surface area contributed by atoms with Gasteiger partial charge in [0.25, 0.3) is 5.91 Å². The summed E-state index contributed by atoms with van der Waals surface area (Å²) >= 11 is 0. The van der Waals surface area contributed by atoms with Crippen LogP contribution >= 0.6 is 0 Å². The summed E-state index contributed by atoms with van der Waals surface area (Å²) in [5.41, 5.74) is 7.93. The number of nitrogens with one attached hydrogen (secondary N) is 1. The zero-order valence-corrected chi connectivity index (χ0v) is 21.2. The number of nitrogens with zero attached hydrogens (tertiary/aromatic N) is 4. The average Bonchev–Trinajstić information content (AvgIpc) is 3.35. The van der Waals surface area contributed by atoms with E-state index in [-0.39, 0.29) is 48.1 Å². The second-order valence-electron chi connectivity index (χ2n) is 9.23. The Balaban J connectivity index is 1.33. The Morgan fingerprint density at radius 3 is 2.32 bits per heavy atom. The molecule has 2 aliphatic heterocycles. The van der Waals surface area contributed by atoms with E-state index in [4.69, 9.17) is 5.73 Å². The average molecular weight is 547 g/mol. The number of carbonyl (C=O) groups is 1. The number of halogens is 3. The molecule has 0 saturated carbocycles. The lowest BCUT2D eigenvalue weighted by Crippen LogP contribution is -2.49. The predicted octanol–water partition coefficient (Wildman–Crippen LogP) is 2.68. The number of primary amides is 1. The molecule has 1 aromatic carbocycles. The van der Waals surface area contributed by atoms with Crippen molar-refractivity contribution in [1.29, 1.82) is 0 Å². The molecule has 13 heteroatoms. The topological polar surface area (TPSA) is 122 Å². The van der Waals surface area contributed by atoms with Gasteiger partial charge in [-0.15, -0.1) is 0 Å². The van der Waals surface area contributed by atoms with Crippen LogP contribution in [0.3, 0.4) is 0 Å². The minimum atomic E-state index is -4.50. The molecule has 2 aliphatic rings. The normalized spacial score (nSPS) is 16.5. The second kappa shape index (κ2) is 9.64. The molecule has 0 unspecified atom stereocenters. The van der Waals surface area contributed by atoms with Crippen LogP contribution in [0.5, 0.6) is 0 Å². The van der Waals surface area contributed by atoms with Crippen LogP contribution in [-0.2, 0) is 29.3 Å². The summed E-state index contributed by atoms with van der Waals surface area (Å²) < 4.78 is 67.5. The Bertz CT molecular complexity index is 1500. The number of nitrogens with two attached hydrogens (primary N) is 1. The van der Waals surface area contributed by atoms with E-state index in [0.29, 0.717) is 24.3 Å². The van der Waals surface area contributed by atoms with Gasteiger partial charge in [0, 0.05) is 50.5 Å². The van der Waals surface area contributed by atoms with E-state index in [0.717, 1.165) is 23.4 Å². The lowest BCUT2D eigenvalue weighted by Gasteiger charge is -2.35. The SMILES string of the molecule is Cc1cc(C(F)(F)F)cc(N2CCN(S(=O)(=O)c3ccc(-c4nc5c(cc4C(N)=O)CNC5)cc3)CC2)n1. The van der Waals surface area contributed by atoms with Crippen molar-refractivity contribution in [3.8, 4) is 11.3 Å². The number of alkyl halides is 3. The number of hydrogen-bond acceptors (Lipinski definition) is 7. The fraction of sp³-hybridized carbons (Fsp3) is 0.320. The molecule has 0 atom stereocenters. The van der Waals surface area contributed by atoms with Crippen molar-refractivity contribution in [3.63, 3.8) is 0 Å². The van der Waals surface area contributed by atoms with Gasteiger partial charge < -0.3 is 16.0 Å². The molecule has 1 saturated heterocycles. The first-order valence-corrected chi connectivity index (χ1v) is 13.3. The van der Waals surface area contributed by atoms with Crippen molar-refractivity contribution in [2.45, 2.75) is 31.1 Å². The quantitative estimate of drug-likeness (QED) is 0.505. The first kappa shape index (κ1) is 26.1. The number of sulfonamides is 1. The summed E-state index contributed by atoms with van der Waals surface area (Å²) in [6.07, 6.45) is -4.50. The second-order valence-corrected chi connectivity index (χ2v) is 11.2. The molecule has 5 rings (SSSR count). The summed E-state index contributed by atoms with van der Waals surface area (Å²) in [5, 5.41) is 3.17. The van der Waals surface area contributed by atoms with Crippen molar-refractivity contribution >= 4 is 21.7 Å². The van der Waals surface area contributed by atoms with Crippen molar-refractivity contribution < 1.29 is 26.4 Å². The van der Waals surface area contributed by atoms with E-state index in [1.165, 1.54) is 23.4 Å². The Labute approximate surface area is 217 Å². The van der Waals surface area contributed by atoms with E-state index < -0.39 is 27.7 Å². The third-order valence-corrected chi connectivity index (χ3v) is 8.57. The number of carbonyl (C=O) groups excluding carboxylic acids is 1. The van der Waals surface area contributed by atoms with Gasteiger partial charge in [-0.2, -0.15) is 17.5 Å². The third kappa shape index (κ3) is 4.96. The van der Waals surface area contributed by atoms with Crippen LogP contribution in [0.25, 0.3) is 11.3 Å². The maximum Gasteiger partial charge on any atom is 0.416 e. The largest absolute Gasteiger partial charge is 0.416 e. The number of anilines is 1. The molecule has 3 aromatic rings. The van der Waals surface area contributed by atoms with Crippen LogP contribution in [0.15, 0.2) is 47.4 Å². The fourth-order valence-corrected chi connectivity index (χ4v) is 6.11. The van der Waals surface area contributed by atoms with Gasteiger partial charge in [-0.25, -0.2) is 13.4 Å². The number of aromatic nitrogens is 2. The number of amides is 1. The molecule has 1 fully saturated rings. The maximum absolute atomic E-state index is 13.3. The van der Waals surface area contributed by atoms with Crippen LogP contribution in [0.4, 0.5) is 19.0 Å². The van der Waals surface area contributed by atoms with Gasteiger partial charge in [0.1, 0.15) is 5.82 Å². The number of hydrogen-bond donors (Lipinski definition) is 2. The number of aryl methyl sites for hydroxylation is 1. The van der Waals surface area contributed by atoms with Gasteiger partial charge >= 0.3 is 6.18 Å². The summed E-state index contributed by atoms with van der Waals surface area (Å²) in [4.78, 5) is 22.5. The van der Waals surface area contributed by atoms with Crippen molar-refractivity contribution in [2.75, 3.05) is 31.1 Å². The summed E-state index contributed by atoms with van der Waals surface area (Å²) in [6, 6.07) is 9.75. The first-order valence-electron chi connectivity index (χ1n) is 11.9. The van der Waals surface area contributed by atoms with Crippen molar-refractivity contribution in [2.24, 2.45) is 5.73 Å². The molecule has 4 heterocycles. The summed E-state index contributed by atoms with van der Waals surface area (Å²) in [7, 11) is -3.86. The molecule has 9 nitrogen and oxygen atoms in total. The molecule has 1 amide bonds. The number of fused-ring (bicyclic) bond motifs is 1. The number of pyridine rings is 2. The molecule has 2 aromatic heterocycles. The smallest absolute Gasteiger partial charge is 0.366 e. The maximum atomic E-state index is 13.3. The summed E-state index contributed by atoms with van der Waals surface area (Å²) in [6.45, 7) is 3.22. The molecule has 0 spiro atoms. The van der Waals surface area contributed by atoms with Crippen LogP contribution in [-0.4, -0.2) is 54.8 Å². The highest BCUT2D eigenvalue weighted by atomic mass is 32.2. The Morgan fingerprint density at radius 2 is 1.68 bits per heavy atom.